The molecule has 1 aromatic carbocycles. The van der Waals surface area contributed by atoms with E-state index in [0.29, 0.717) is 23.8 Å². The van der Waals surface area contributed by atoms with Crippen molar-refractivity contribution in [3.63, 3.8) is 0 Å². The quantitative estimate of drug-likeness (QED) is 0.810. The molecule has 1 heterocycles. The van der Waals surface area contributed by atoms with Crippen LogP contribution in [0.4, 0.5) is 5.69 Å². The highest BCUT2D eigenvalue weighted by Crippen LogP contribution is 2.22. The van der Waals surface area contributed by atoms with Gasteiger partial charge in [0, 0.05) is 12.3 Å². The Bertz CT molecular complexity index is 534. The maximum Gasteiger partial charge on any atom is 0.153 e. The first kappa shape index (κ1) is 12.4. The Morgan fingerprint density at radius 2 is 2.17 bits per heavy atom. The van der Waals surface area contributed by atoms with Crippen LogP contribution in [0.5, 0.6) is 5.75 Å². The molecule has 0 radical (unpaired) electrons. The van der Waals surface area contributed by atoms with Crippen molar-refractivity contribution in [1.82, 2.24) is 15.2 Å². The molecule has 96 valence electrons. The van der Waals surface area contributed by atoms with Crippen molar-refractivity contribution in [2.75, 3.05) is 12.8 Å². The Morgan fingerprint density at radius 3 is 2.72 bits per heavy atom. The van der Waals surface area contributed by atoms with Gasteiger partial charge in [0.25, 0.3) is 0 Å². The second kappa shape index (κ2) is 5.08. The molecule has 3 N–H and O–H groups in total. The molecule has 0 bridgehead atoms. The third kappa shape index (κ3) is 2.61. The van der Waals surface area contributed by atoms with Crippen LogP contribution >= 0.6 is 0 Å². The first-order chi connectivity index (χ1) is 8.60. The minimum Gasteiger partial charge on any atom is -0.495 e. The predicted molar refractivity (Wildman–Crippen MR) is 70.7 cm³/mol. The van der Waals surface area contributed by atoms with E-state index in [2.05, 4.69) is 29.0 Å². The van der Waals surface area contributed by atoms with Gasteiger partial charge in [-0.1, -0.05) is 19.9 Å². The fraction of sp³-hybridized carbons (Fsp3) is 0.385. The number of hydrogen-bond acceptors (Lipinski definition) is 4. The van der Waals surface area contributed by atoms with Crippen molar-refractivity contribution in [2.45, 2.75) is 26.2 Å². The molecule has 0 saturated heterocycles. The molecule has 0 aliphatic rings. The van der Waals surface area contributed by atoms with Crippen LogP contribution in [-0.4, -0.2) is 22.3 Å². The largest absolute Gasteiger partial charge is 0.495 e. The van der Waals surface area contributed by atoms with E-state index < -0.39 is 0 Å². The van der Waals surface area contributed by atoms with Crippen LogP contribution in [0.3, 0.4) is 0 Å². The number of anilines is 1. The lowest BCUT2D eigenvalue weighted by atomic mass is 10.1. The number of H-pyrrole nitrogens is 1. The van der Waals surface area contributed by atoms with E-state index in [4.69, 9.17) is 10.5 Å². The molecular weight excluding hydrogens is 228 g/mol. The lowest BCUT2D eigenvalue weighted by molar-refractivity contribution is 0.417. The molecule has 5 nitrogen and oxygen atoms in total. The average molecular weight is 246 g/mol. The SMILES string of the molecule is COc1ccc(Cc2nc(C(C)C)n[nH]2)cc1N. The number of rotatable bonds is 4. The number of nitrogen functional groups attached to an aromatic ring is 1. The number of aromatic amines is 1. The number of nitrogens with one attached hydrogen (secondary N) is 1. The normalized spacial score (nSPS) is 10.9. The summed E-state index contributed by atoms with van der Waals surface area (Å²) in [6.45, 7) is 4.14. The fourth-order valence-corrected chi connectivity index (χ4v) is 1.73. The molecule has 0 aliphatic heterocycles. The summed E-state index contributed by atoms with van der Waals surface area (Å²) in [7, 11) is 1.61. The zero-order valence-corrected chi connectivity index (χ0v) is 10.9. The predicted octanol–water partition coefficient (Wildman–Crippen LogP) is 2.11. The minimum atomic E-state index is 0.330. The summed E-state index contributed by atoms with van der Waals surface area (Å²) in [4.78, 5) is 4.44. The fourth-order valence-electron chi connectivity index (χ4n) is 1.73. The molecule has 0 fully saturated rings. The maximum absolute atomic E-state index is 5.87. The maximum atomic E-state index is 5.87. The zero-order valence-electron chi connectivity index (χ0n) is 10.9. The molecule has 0 unspecified atom stereocenters. The Hall–Kier alpha value is -2.04. The first-order valence-corrected chi connectivity index (χ1v) is 5.93. The van der Waals surface area contributed by atoms with Gasteiger partial charge in [-0.2, -0.15) is 5.10 Å². The van der Waals surface area contributed by atoms with Crippen molar-refractivity contribution in [2.24, 2.45) is 0 Å². The van der Waals surface area contributed by atoms with Gasteiger partial charge >= 0.3 is 0 Å². The van der Waals surface area contributed by atoms with E-state index in [1.807, 2.05) is 18.2 Å². The highest BCUT2D eigenvalue weighted by atomic mass is 16.5. The van der Waals surface area contributed by atoms with Crippen molar-refractivity contribution in [1.29, 1.82) is 0 Å². The van der Waals surface area contributed by atoms with Crippen molar-refractivity contribution in [3.8, 4) is 5.75 Å². The number of methoxy groups -OCH3 is 1. The second-order valence-corrected chi connectivity index (χ2v) is 4.55. The molecule has 18 heavy (non-hydrogen) atoms. The van der Waals surface area contributed by atoms with Gasteiger partial charge in [-0.15, -0.1) is 0 Å². The lowest BCUT2D eigenvalue weighted by Gasteiger charge is -2.05. The van der Waals surface area contributed by atoms with E-state index in [1.54, 1.807) is 7.11 Å². The summed E-state index contributed by atoms with van der Waals surface area (Å²) in [6.07, 6.45) is 0.688. The summed E-state index contributed by atoms with van der Waals surface area (Å²) >= 11 is 0. The van der Waals surface area contributed by atoms with Gasteiger partial charge in [0.05, 0.1) is 12.8 Å². The van der Waals surface area contributed by atoms with E-state index in [-0.39, 0.29) is 0 Å². The Labute approximate surface area is 106 Å². The van der Waals surface area contributed by atoms with Crippen molar-refractivity contribution >= 4 is 5.69 Å². The van der Waals surface area contributed by atoms with E-state index >= 15 is 0 Å². The summed E-state index contributed by atoms with van der Waals surface area (Å²) in [5.41, 5.74) is 7.59. The second-order valence-electron chi connectivity index (χ2n) is 4.55. The molecule has 5 heteroatoms. The van der Waals surface area contributed by atoms with Gasteiger partial charge < -0.3 is 10.5 Å². The standard InChI is InChI=1S/C13H18N4O/c1-8(2)13-15-12(16-17-13)7-9-4-5-11(18-3)10(14)6-9/h4-6,8H,7,14H2,1-3H3,(H,15,16,17). The third-order valence-electron chi connectivity index (χ3n) is 2.73. The molecular formula is C13H18N4O. The average Bonchev–Trinajstić information content (AvgIpc) is 2.78. The monoisotopic (exact) mass is 246 g/mol. The molecule has 2 rings (SSSR count). The topological polar surface area (TPSA) is 76.8 Å². The zero-order chi connectivity index (χ0) is 13.1. The highest BCUT2D eigenvalue weighted by molar-refractivity contribution is 5.54. The number of benzene rings is 1. The van der Waals surface area contributed by atoms with Crippen molar-refractivity contribution < 1.29 is 4.74 Å². The number of nitrogens with two attached hydrogens (primary N) is 1. The van der Waals surface area contributed by atoms with Gasteiger partial charge in [-0.25, -0.2) is 4.98 Å². The lowest BCUT2D eigenvalue weighted by Crippen LogP contribution is -1.96. The number of ether oxygens (including phenoxy) is 1. The van der Waals surface area contributed by atoms with Crippen LogP contribution < -0.4 is 10.5 Å². The van der Waals surface area contributed by atoms with E-state index in [0.717, 1.165) is 17.2 Å². The van der Waals surface area contributed by atoms with Crippen LogP contribution in [-0.2, 0) is 6.42 Å². The van der Waals surface area contributed by atoms with E-state index in [1.165, 1.54) is 0 Å². The Balaban J connectivity index is 2.15. The Morgan fingerprint density at radius 1 is 1.39 bits per heavy atom. The van der Waals surface area contributed by atoms with Gasteiger partial charge in [0.2, 0.25) is 0 Å². The van der Waals surface area contributed by atoms with Gasteiger partial charge in [-0.05, 0) is 17.7 Å². The molecule has 0 atom stereocenters. The molecule has 0 spiro atoms. The Kier molecular flexibility index (Phi) is 3.50. The van der Waals surface area contributed by atoms with Gasteiger partial charge in [-0.3, -0.25) is 5.10 Å². The highest BCUT2D eigenvalue weighted by Gasteiger charge is 2.08. The minimum absolute atomic E-state index is 0.330. The molecule has 0 aliphatic carbocycles. The van der Waals surface area contributed by atoms with Crippen LogP contribution in [0.25, 0.3) is 0 Å². The summed E-state index contributed by atoms with van der Waals surface area (Å²) in [6, 6.07) is 5.74. The first-order valence-electron chi connectivity index (χ1n) is 5.93. The van der Waals surface area contributed by atoms with Crippen molar-refractivity contribution in [3.05, 3.63) is 35.4 Å². The smallest absolute Gasteiger partial charge is 0.153 e. The molecule has 0 saturated carbocycles. The summed E-state index contributed by atoms with van der Waals surface area (Å²) in [5, 5.41) is 7.13. The van der Waals surface area contributed by atoms with Crippen LogP contribution in [0.1, 0.15) is 37.0 Å². The van der Waals surface area contributed by atoms with E-state index in [9.17, 15) is 0 Å². The molecule has 2 aromatic rings. The van der Waals surface area contributed by atoms with Crippen LogP contribution in [0, 0.1) is 0 Å². The molecule has 0 amide bonds. The summed E-state index contributed by atoms with van der Waals surface area (Å²) in [5.74, 6) is 2.71. The van der Waals surface area contributed by atoms with Crippen LogP contribution in [0.2, 0.25) is 0 Å². The third-order valence-corrected chi connectivity index (χ3v) is 2.73. The van der Waals surface area contributed by atoms with Gasteiger partial charge in [0.1, 0.15) is 11.6 Å². The number of hydrogen-bond donors (Lipinski definition) is 2. The van der Waals surface area contributed by atoms with Crippen LogP contribution in [0.15, 0.2) is 18.2 Å². The number of nitrogens with zero attached hydrogens (tertiary/aromatic N) is 2. The number of aromatic nitrogens is 3. The molecule has 1 aromatic heterocycles. The van der Waals surface area contributed by atoms with Gasteiger partial charge in [0.15, 0.2) is 5.82 Å². The summed E-state index contributed by atoms with van der Waals surface area (Å²) < 4.78 is 5.12.